The fourth-order valence-corrected chi connectivity index (χ4v) is 2.77. The predicted molar refractivity (Wildman–Crippen MR) is 96.5 cm³/mol. The van der Waals surface area contributed by atoms with E-state index in [1.54, 1.807) is 24.3 Å². The van der Waals surface area contributed by atoms with Crippen LogP contribution in [0.4, 0.5) is 14.5 Å². The third kappa shape index (κ3) is 3.76. The van der Waals surface area contributed by atoms with E-state index in [0.717, 1.165) is 5.56 Å². The summed E-state index contributed by atoms with van der Waals surface area (Å²) in [7, 11) is 0. The van der Waals surface area contributed by atoms with E-state index in [-0.39, 0.29) is 18.9 Å². The highest BCUT2D eigenvalue weighted by Crippen LogP contribution is 2.31. The Morgan fingerprint density at radius 2 is 1.74 bits per heavy atom. The SMILES string of the molecule is CCOC(=O)C(N=C1C(=O)N(Cc2ccccc2)c2ccccc21)=C(F)F. The summed E-state index contributed by atoms with van der Waals surface area (Å²) in [5.74, 6) is -1.82. The van der Waals surface area contributed by atoms with Crippen molar-refractivity contribution < 1.29 is 23.1 Å². The van der Waals surface area contributed by atoms with Gasteiger partial charge in [-0.25, -0.2) is 9.79 Å². The smallest absolute Gasteiger partial charge is 0.362 e. The Labute approximate surface area is 154 Å². The lowest BCUT2D eigenvalue weighted by atomic mass is 10.1. The van der Waals surface area contributed by atoms with Gasteiger partial charge in [-0.05, 0) is 18.6 Å². The van der Waals surface area contributed by atoms with E-state index in [2.05, 4.69) is 9.73 Å². The molecule has 2 aromatic carbocycles. The topological polar surface area (TPSA) is 59.0 Å². The Balaban J connectivity index is 2.03. The van der Waals surface area contributed by atoms with Crippen LogP contribution < -0.4 is 4.90 Å². The van der Waals surface area contributed by atoms with Crippen LogP contribution >= 0.6 is 0 Å². The number of benzene rings is 2. The molecule has 0 saturated carbocycles. The van der Waals surface area contributed by atoms with Gasteiger partial charge >= 0.3 is 12.0 Å². The van der Waals surface area contributed by atoms with Gasteiger partial charge in [-0.1, -0.05) is 48.5 Å². The number of halogens is 2. The molecular weight excluding hydrogens is 354 g/mol. The maximum absolute atomic E-state index is 13.2. The number of amides is 1. The van der Waals surface area contributed by atoms with Crippen LogP contribution in [0.15, 0.2) is 71.4 Å². The van der Waals surface area contributed by atoms with Gasteiger partial charge in [0.2, 0.25) is 5.70 Å². The fraction of sp³-hybridized carbons (Fsp3) is 0.150. The molecule has 0 atom stereocenters. The number of anilines is 1. The summed E-state index contributed by atoms with van der Waals surface area (Å²) in [6.07, 6.45) is -2.30. The molecule has 1 heterocycles. The molecule has 138 valence electrons. The molecule has 2 aromatic rings. The molecule has 1 aliphatic rings. The van der Waals surface area contributed by atoms with Gasteiger partial charge in [0.05, 0.1) is 18.8 Å². The summed E-state index contributed by atoms with van der Waals surface area (Å²) in [6.45, 7) is 1.67. The van der Waals surface area contributed by atoms with Crippen LogP contribution in [0.3, 0.4) is 0 Å². The van der Waals surface area contributed by atoms with Gasteiger partial charge in [0, 0.05) is 5.56 Å². The predicted octanol–water partition coefficient (Wildman–Crippen LogP) is 3.69. The van der Waals surface area contributed by atoms with Gasteiger partial charge in [-0.2, -0.15) is 8.78 Å². The van der Waals surface area contributed by atoms with E-state index < -0.39 is 23.7 Å². The number of fused-ring (bicyclic) bond motifs is 1. The first-order valence-electron chi connectivity index (χ1n) is 8.29. The second-order valence-corrected chi connectivity index (χ2v) is 5.68. The largest absolute Gasteiger partial charge is 0.461 e. The van der Waals surface area contributed by atoms with Crippen molar-refractivity contribution in [2.75, 3.05) is 11.5 Å². The number of carbonyl (C=O) groups is 2. The molecule has 0 spiro atoms. The summed E-state index contributed by atoms with van der Waals surface area (Å²) < 4.78 is 31.1. The van der Waals surface area contributed by atoms with Gasteiger partial charge in [0.25, 0.3) is 5.91 Å². The molecule has 5 nitrogen and oxygen atoms in total. The number of carbonyl (C=O) groups excluding carboxylic acids is 2. The van der Waals surface area contributed by atoms with Crippen molar-refractivity contribution in [1.82, 2.24) is 0 Å². The minimum absolute atomic E-state index is 0.0782. The van der Waals surface area contributed by atoms with Crippen molar-refractivity contribution in [2.24, 2.45) is 4.99 Å². The number of esters is 1. The lowest BCUT2D eigenvalue weighted by molar-refractivity contribution is -0.138. The first kappa shape index (κ1) is 18.4. The zero-order valence-corrected chi connectivity index (χ0v) is 14.5. The van der Waals surface area contributed by atoms with Crippen LogP contribution in [0.25, 0.3) is 0 Å². The van der Waals surface area contributed by atoms with Gasteiger partial charge in [-0.15, -0.1) is 0 Å². The maximum atomic E-state index is 13.2. The van der Waals surface area contributed by atoms with E-state index in [4.69, 9.17) is 0 Å². The number of para-hydroxylation sites is 1. The molecule has 27 heavy (non-hydrogen) atoms. The lowest BCUT2D eigenvalue weighted by Gasteiger charge is -2.16. The second kappa shape index (κ2) is 7.90. The molecule has 0 aliphatic carbocycles. The zero-order valence-electron chi connectivity index (χ0n) is 14.5. The number of ether oxygens (including phenoxy) is 1. The van der Waals surface area contributed by atoms with E-state index in [1.165, 1.54) is 11.8 Å². The first-order valence-corrected chi connectivity index (χ1v) is 8.29. The molecule has 0 saturated heterocycles. The monoisotopic (exact) mass is 370 g/mol. The summed E-state index contributed by atoms with van der Waals surface area (Å²) >= 11 is 0. The molecule has 0 unspecified atom stereocenters. The van der Waals surface area contributed by atoms with Crippen molar-refractivity contribution in [3.8, 4) is 0 Å². The van der Waals surface area contributed by atoms with E-state index in [0.29, 0.717) is 11.3 Å². The van der Waals surface area contributed by atoms with Crippen molar-refractivity contribution in [3.63, 3.8) is 0 Å². The average molecular weight is 370 g/mol. The molecule has 0 N–H and O–H groups in total. The highest BCUT2D eigenvalue weighted by atomic mass is 19.3. The number of rotatable bonds is 5. The Hall–Kier alpha value is -3.35. The normalized spacial score (nSPS) is 14.3. The van der Waals surface area contributed by atoms with E-state index in [9.17, 15) is 18.4 Å². The fourth-order valence-electron chi connectivity index (χ4n) is 2.77. The highest BCUT2D eigenvalue weighted by molar-refractivity contribution is 6.54. The number of hydrogen-bond donors (Lipinski definition) is 0. The van der Waals surface area contributed by atoms with Crippen LogP contribution in [-0.4, -0.2) is 24.2 Å². The molecule has 0 aromatic heterocycles. The van der Waals surface area contributed by atoms with Crippen molar-refractivity contribution in [2.45, 2.75) is 13.5 Å². The maximum Gasteiger partial charge on any atom is 0.362 e. The van der Waals surface area contributed by atoms with Crippen LogP contribution in [0, 0.1) is 0 Å². The minimum Gasteiger partial charge on any atom is -0.461 e. The third-order valence-corrected chi connectivity index (χ3v) is 3.95. The van der Waals surface area contributed by atoms with Gasteiger partial charge in [0.1, 0.15) is 5.71 Å². The Morgan fingerprint density at radius 3 is 2.41 bits per heavy atom. The molecule has 0 fully saturated rings. The third-order valence-electron chi connectivity index (χ3n) is 3.95. The molecule has 3 rings (SSSR count). The van der Waals surface area contributed by atoms with Gasteiger partial charge < -0.3 is 9.64 Å². The van der Waals surface area contributed by atoms with Gasteiger partial charge in [0.15, 0.2) is 0 Å². The van der Waals surface area contributed by atoms with Gasteiger partial charge in [-0.3, -0.25) is 4.79 Å². The minimum atomic E-state index is -2.30. The molecule has 1 amide bonds. The summed E-state index contributed by atoms with van der Waals surface area (Å²) in [6, 6.07) is 16.0. The first-order chi connectivity index (χ1) is 13.0. The van der Waals surface area contributed by atoms with Crippen molar-refractivity contribution >= 4 is 23.3 Å². The molecule has 1 aliphatic heterocycles. The molecule has 0 bridgehead atoms. The number of hydrogen-bond acceptors (Lipinski definition) is 4. The van der Waals surface area contributed by atoms with E-state index >= 15 is 0 Å². The summed E-state index contributed by atoms with van der Waals surface area (Å²) in [4.78, 5) is 29.8. The molecule has 7 heteroatoms. The average Bonchev–Trinajstić information content (AvgIpc) is 2.92. The molecular formula is C20H16F2N2O3. The van der Waals surface area contributed by atoms with Crippen LogP contribution in [-0.2, 0) is 20.9 Å². The highest BCUT2D eigenvalue weighted by Gasteiger charge is 2.35. The summed E-state index contributed by atoms with van der Waals surface area (Å²) in [5, 5.41) is 0. The zero-order chi connectivity index (χ0) is 19.4. The Bertz CT molecular complexity index is 935. The Morgan fingerprint density at radius 1 is 1.07 bits per heavy atom. The van der Waals surface area contributed by atoms with Crippen LogP contribution in [0.2, 0.25) is 0 Å². The summed E-state index contributed by atoms with van der Waals surface area (Å²) in [5.41, 5.74) is 0.447. The Kier molecular flexibility index (Phi) is 5.40. The van der Waals surface area contributed by atoms with E-state index in [1.807, 2.05) is 30.3 Å². The van der Waals surface area contributed by atoms with Crippen LogP contribution in [0.5, 0.6) is 0 Å². The second-order valence-electron chi connectivity index (χ2n) is 5.68. The van der Waals surface area contributed by atoms with Crippen molar-refractivity contribution in [1.29, 1.82) is 0 Å². The quantitative estimate of drug-likeness (QED) is 0.596. The van der Waals surface area contributed by atoms with Crippen molar-refractivity contribution in [3.05, 3.63) is 77.5 Å². The molecule has 0 radical (unpaired) electrons. The van der Waals surface area contributed by atoms with Crippen LogP contribution in [0.1, 0.15) is 18.1 Å². The number of aliphatic imine (C=N–C) groups is 1. The lowest BCUT2D eigenvalue weighted by Crippen LogP contribution is -2.30. The number of nitrogens with zero attached hydrogens (tertiary/aromatic N) is 2. The standard InChI is InChI=1S/C20H16F2N2O3/c1-2-27-20(26)17(18(21)22)23-16-14-10-6-7-11-15(14)24(19(16)25)12-13-8-4-3-5-9-13/h3-11H,2,12H2,1H3.